The molecule has 0 unspecified atom stereocenters. The molecule has 0 spiro atoms. The summed E-state index contributed by atoms with van der Waals surface area (Å²) in [4.78, 5) is 12.6. The van der Waals surface area contributed by atoms with Crippen molar-refractivity contribution >= 4 is 0 Å². The average molecular weight is 356 g/mol. The van der Waals surface area contributed by atoms with E-state index in [9.17, 15) is 25.4 Å². The third-order valence-electron chi connectivity index (χ3n) is 4.74. The van der Waals surface area contributed by atoms with E-state index in [4.69, 9.17) is 4.74 Å². The first-order chi connectivity index (χ1) is 12.3. The summed E-state index contributed by atoms with van der Waals surface area (Å²) in [6, 6.07) is 7.33. The fraction of sp³-hybridized carbons (Fsp3) is 0.368. The first-order valence-electron chi connectivity index (χ1n) is 8.19. The number of nitrogens with zero attached hydrogens (tertiary/aromatic N) is 2. The normalized spacial score (nSPS) is 20.8. The Kier molecular flexibility index (Phi) is 4.59. The molecule has 136 valence electrons. The van der Waals surface area contributed by atoms with Crippen LogP contribution < -0.4 is 10.3 Å². The van der Waals surface area contributed by atoms with Crippen molar-refractivity contribution < 1.29 is 20.1 Å². The van der Waals surface area contributed by atoms with Crippen LogP contribution in [-0.4, -0.2) is 31.6 Å². The van der Waals surface area contributed by atoms with Gasteiger partial charge >= 0.3 is 0 Å². The van der Waals surface area contributed by atoms with E-state index < -0.39 is 23.3 Å². The van der Waals surface area contributed by atoms with Gasteiger partial charge in [0.05, 0.1) is 30.9 Å². The molecule has 2 heterocycles. The molecule has 1 aromatic carbocycles. The minimum absolute atomic E-state index is 0.334. The van der Waals surface area contributed by atoms with E-state index in [0.29, 0.717) is 28.0 Å². The van der Waals surface area contributed by atoms with Crippen molar-refractivity contribution in [3.05, 3.63) is 63.1 Å². The number of aliphatic hydroxyl groups is 3. The number of pyridine rings is 1. The molecule has 0 amide bonds. The minimum Gasteiger partial charge on any atom is -0.485 e. The molecule has 0 aliphatic carbocycles. The quantitative estimate of drug-likeness (QED) is 0.750. The number of nitriles is 1. The maximum atomic E-state index is 12.6. The van der Waals surface area contributed by atoms with Crippen LogP contribution in [0.5, 0.6) is 5.75 Å². The lowest BCUT2D eigenvalue weighted by Gasteiger charge is -2.42. The summed E-state index contributed by atoms with van der Waals surface area (Å²) in [6.45, 7) is 2.70. The highest BCUT2D eigenvalue weighted by atomic mass is 16.5. The summed E-state index contributed by atoms with van der Waals surface area (Å²) in [5.41, 5.74) is 0.217. The molecule has 0 bridgehead atoms. The first-order valence-corrected chi connectivity index (χ1v) is 8.19. The summed E-state index contributed by atoms with van der Waals surface area (Å²) in [5.74, 6) is 0.480. The van der Waals surface area contributed by atoms with Crippen molar-refractivity contribution in [2.24, 2.45) is 0 Å². The molecule has 1 aliphatic heterocycles. The fourth-order valence-corrected chi connectivity index (χ4v) is 3.28. The number of aliphatic hydroxyl groups excluding tert-OH is 3. The Morgan fingerprint density at radius 3 is 2.54 bits per heavy atom. The number of hydrogen-bond acceptors (Lipinski definition) is 6. The van der Waals surface area contributed by atoms with Crippen LogP contribution in [0.25, 0.3) is 0 Å². The maximum absolute atomic E-state index is 12.6. The number of benzene rings is 1. The van der Waals surface area contributed by atoms with Crippen molar-refractivity contribution in [2.75, 3.05) is 0 Å². The standard InChI is InChI=1S/C19H20N2O5/c1-19(2)18(25)17(14-5-11(7-20)3-4-15(14)26-19)21-8-13(10-23)12(9-22)6-16(21)24/h3-6,8,17-18,22-23,25H,9-10H2,1-2H3/t17-,18+/m1/s1. The highest BCUT2D eigenvalue weighted by molar-refractivity contribution is 5.47. The van der Waals surface area contributed by atoms with Crippen molar-refractivity contribution in [1.29, 1.82) is 5.26 Å². The molecule has 2 aromatic rings. The second-order valence-corrected chi connectivity index (χ2v) is 6.85. The monoisotopic (exact) mass is 356 g/mol. The Labute approximate surface area is 150 Å². The molecule has 2 atom stereocenters. The SMILES string of the molecule is CC1(C)Oc2ccc(C#N)cc2[C@@H](n2cc(CO)c(CO)cc2=O)[C@@H]1O. The zero-order valence-corrected chi connectivity index (χ0v) is 14.5. The van der Waals surface area contributed by atoms with Gasteiger partial charge in [-0.2, -0.15) is 5.26 Å². The molecule has 3 rings (SSSR count). The van der Waals surface area contributed by atoms with E-state index in [1.165, 1.54) is 16.8 Å². The van der Waals surface area contributed by atoms with E-state index in [-0.39, 0.29) is 13.2 Å². The zero-order chi connectivity index (χ0) is 19.1. The highest BCUT2D eigenvalue weighted by Gasteiger charge is 2.44. The summed E-state index contributed by atoms with van der Waals surface area (Å²) in [5, 5.41) is 39.0. The molecule has 1 aliphatic rings. The number of hydrogen-bond donors (Lipinski definition) is 3. The smallest absolute Gasteiger partial charge is 0.251 e. The van der Waals surface area contributed by atoms with Gasteiger partial charge in [0.1, 0.15) is 17.5 Å². The van der Waals surface area contributed by atoms with Gasteiger partial charge in [0.25, 0.3) is 5.56 Å². The molecule has 26 heavy (non-hydrogen) atoms. The van der Waals surface area contributed by atoms with Crippen LogP contribution in [0.3, 0.4) is 0 Å². The molecule has 3 N–H and O–H groups in total. The molecule has 0 saturated carbocycles. The lowest BCUT2D eigenvalue weighted by Crippen LogP contribution is -2.52. The van der Waals surface area contributed by atoms with Gasteiger partial charge in [-0.1, -0.05) is 0 Å². The van der Waals surface area contributed by atoms with Gasteiger partial charge in [-0.05, 0) is 43.2 Å². The van der Waals surface area contributed by atoms with E-state index in [1.54, 1.807) is 32.0 Å². The molecule has 7 heteroatoms. The van der Waals surface area contributed by atoms with Crippen molar-refractivity contribution in [2.45, 2.75) is 44.8 Å². The predicted molar refractivity (Wildman–Crippen MR) is 92.6 cm³/mol. The average Bonchev–Trinajstić information content (AvgIpc) is 2.62. The van der Waals surface area contributed by atoms with Crippen LogP contribution in [0.1, 0.15) is 42.1 Å². The van der Waals surface area contributed by atoms with Crippen LogP contribution in [0.2, 0.25) is 0 Å². The van der Waals surface area contributed by atoms with Crippen LogP contribution >= 0.6 is 0 Å². The zero-order valence-electron chi connectivity index (χ0n) is 14.5. The summed E-state index contributed by atoms with van der Waals surface area (Å²) in [7, 11) is 0. The topological polar surface area (TPSA) is 116 Å². The van der Waals surface area contributed by atoms with Gasteiger partial charge in [-0.15, -0.1) is 0 Å². The Morgan fingerprint density at radius 1 is 1.23 bits per heavy atom. The second-order valence-electron chi connectivity index (χ2n) is 6.85. The van der Waals surface area contributed by atoms with Crippen LogP contribution in [-0.2, 0) is 13.2 Å². The lowest BCUT2D eigenvalue weighted by atomic mass is 9.85. The molecule has 0 saturated heterocycles. The fourth-order valence-electron chi connectivity index (χ4n) is 3.28. The number of ether oxygens (including phenoxy) is 1. The van der Waals surface area contributed by atoms with Gasteiger partial charge < -0.3 is 24.6 Å². The Hall–Kier alpha value is -2.66. The number of fused-ring (bicyclic) bond motifs is 1. The Morgan fingerprint density at radius 2 is 1.92 bits per heavy atom. The summed E-state index contributed by atoms with van der Waals surface area (Å²) >= 11 is 0. The van der Waals surface area contributed by atoms with Crippen molar-refractivity contribution in [3.63, 3.8) is 0 Å². The van der Waals surface area contributed by atoms with Crippen LogP contribution in [0.15, 0.2) is 35.3 Å². The van der Waals surface area contributed by atoms with Crippen molar-refractivity contribution in [3.8, 4) is 11.8 Å². The van der Waals surface area contributed by atoms with Gasteiger partial charge in [0.15, 0.2) is 0 Å². The van der Waals surface area contributed by atoms with Gasteiger partial charge in [-0.25, -0.2) is 0 Å². The van der Waals surface area contributed by atoms with E-state index >= 15 is 0 Å². The second kappa shape index (κ2) is 6.57. The highest BCUT2D eigenvalue weighted by Crippen LogP contribution is 2.41. The van der Waals surface area contributed by atoms with Crippen LogP contribution in [0.4, 0.5) is 0 Å². The number of aromatic nitrogens is 1. The van der Waals surface area contributed by atoms with Gasteiger partial charge in [0, 0.05) is 17.8 Å². The third kappa shape index (κ3) is 2.88. The third-order valence-corrected chi connectivity index (χ3v) is 4.74. The molecule has 0 fully saturated rings. The molecular formula is C19H20N2O5. The van der Waals surface area contributed by atoms with E-state index in [1.807, 2.05) is 6.07 Å². The summed E-state index contributed by atoms with van der Waals surface area (Å²) < 4.78 is 7.18. The Bertz CT molecular complexity index is 942. The summed E-state index contributed by atoms with van der Waals surface area (Å²) in [6.07, 6.45) is 0.361. The van der Waals surface area contributed by atoms with Gasteiger partial charge in [0.2, 0.25) is 0 Å². The lowest BCUT2D eigenvalue weighted by molar-refractivity contribution is -0.0643. The first kappa shape index (κ1) is 18.1. The van der Waals surface area contributed by atoms with Gasteiger partial charge in [-0.3, -0.25) is 4.79 Å². The van der Waals surface area contributed by atoms with Crippen LogP contribution in [0, 0.1) is 11.3 Å². The predicted octanol–water partition coefficient (Wildman–Crippen LogP) is 0.826. The maximum Gasteiger partial charge on any atom is 0.251 e. The Balaban J connectivity index is 2.27. The van der Waals surface area contributed by atoms with E-state index in [0.717, 1.165) is 0 Å². The van der Waals surface area contributed by atoms with Crippen molar-refractivity contribution in [1.82, 2.24) is 4.57 Å². The number of rotatable bonds is 3. The molecule has 0 radical (unpaired) electrons. The molecule has 1 aromatic heterocycles. The molecular weight excluding hydrogens is 336 g/mol. The van der Waals surface area contributed by atoms with E-state index in [2.05, 4.69) is 0 Å². The minimum atomic E-state index is -1.08. The largest absolute Gasteiger partial charge is 0.485 e. The molecule has 7 nitrogen and oxygen atoms in total.